The van der Waals surface area contributed by atoms with Crippen molar-refractivity contribution < 1.29 is 14.4 Å². The SMILES string of the molecule is CCN(CC)C(=O)Cc1nnn[n+]([O-])c1OC. The predicted octanol–water partition coefficient (Wildman–Crippen LogP) is -1.08. The van der Waals surface area contributed by atoms with Crippen LogP contribution in [-0.2, 0) is 11.2 Å². The summed E-state index contributed by atoms with van der Waals surface area (Å²) in [6.07, 6.45) is -0.0252. The number of nitrogens with zero attached hydrogens (tertiary/aromatic N) is 5. The van der Waals surface area contributed by atoms with Crippen LogP contribution in [0.25, 0.3) is 0 Å². The zero-order valence-electron chi connectivity index (χ0n) is 10.1. The van der Waals surface area contributed by atoms with Crippen molar-refractivity contribution in [3.05, 3.63) is 10.9 Å². The summed E-state index contributed by atoms with van der Waals surface area (Å²) in [5.74, 6) is -0.227. The fraction of sp³-hybridized carbons (Fsp3) is 0.667. The Kier molecular flexibility index (Phi) is 4.56. The number of carbonyl (C=O) groups excluding carboxylic acids is 1. The molecule has 0 bridgehead atoms. The highest BCUT2D eigenvalue weighted by Gasteiger charge is 2.20. The third-order valence-corrected chi connectivity index (χ3v) is 2.34. The van der Waals surface area contributed by atoms with Crippen molar-refractivity contribution in [2.24, 2.45) is 0 Å². The number of hydrogen-bond donors (Lipinski definition) is 0. The summed E-state index contributed by atoms with van der Waals surface area (Å²) in [6.45, 7) is 4.97. The Morgan fingerprint density at radius 3 is 2.65 bits per heavy atom. The molecule has 1 amide bonds. The van der Waals surface area contributed by atoms with Gasteiger partial charge in [-0.3, -0.25) is 4.79 Å². The van der Waals surface area contributed by atoms with E-state index in [-0.39, 0.29) is 28.7 Å². The molecule has 1 aromatic rings. The Hall–Kier alpha value is -1.99. The van der Waals surface area contributed by atoms with Gasteiger partial charge in [0.15, 0.2) is 10.9 Å². The quantitative estimate of drug-likeness (QED) is 0.481. The van der Waals surface area contributed by atoms with Gasteiger partial charge in [0.25, 0.3) is 0 Å². The number of aromatic nitrogens is 4. The minimum atomic E-state index is -0.131. The molecule has 0 aliphatic carbocycles. The van der Waals surface area contributed by atoms with Gasteiger partial charge < -0.3 is 14.8 Å². The highest BCUT2D eigenvalue weighted by Crippen LogP contribution is 2.09. The summed E-state index contributed by atoms with van der Waals surface area (Å²) in [6, 6.07) is 0. The fourth-order valence-electron chi connectivity index (χ4n) is 1.44. The lowest BCUT2D eigenvalue weighted by Gasteiger charge is -2.18. The maximum absolute atomic E-state index is 11.8. The number of amides is 1. The van der Waals surface area contributed by atoms with Gasteiger partial charge >= 0.3 is 5.88 Å². The average molecular weight is 241 g/mol. The summed E-state index contributed by atoms with van der Waals surface area (Å²) >= 11 is 0. The molecular formula is C9H15N5O3. The molecule has 0 aliphatic heterocycles. The van der Waals surface area contributed by atoms with Crippen molar-refractivity contribution in [1.29, 1.82) is 0 Å². The van der Waals surface area contributed by atoms with Gasteiger partial charge in [0, 0.05) is 13.1 Å². The molecule has 1 rings (SSSR count). The normalized spacial score (nSPS) is 10.1. The largest absolute Gasteiger partial charge is 0.688 e. The van der Waals surface area contributed by atoms with Crippen molar-refractivity contribution in [2.75, 3.05) is 20.2 Å². The second-order valence-corrected chi connectivity index (χ2v) is 3.25. The molecule has 0 N–H and O–H groups in total. The van der Waals surface area contributed by atoms with Gasteiger partial charge in [0.1, 0.15) is 0 Å². The zero-order chi connectivity index (χ0) is 12.8. The highest BCUT2D eigenvalue weighted by molar-refractivity contribution is 5.78. The molecule has 94 valence electrons. The van der Waals surface area contributed by atoms with Crippen LogP contribution in [0.4, 0.5) is 0 Å². The first kappa shape index (κ1) is 13.1. The summed E-state index contributed by atoms with van der Waals surface area (Å²) in [4.78, 5) is 13.7. The van der Waals surface area contributed by atoms with E-state index in [0.717, 1.165) is 0 Å². The molecule has 8 nitrogen and oxygen atoms in total. The molecule has 0 saturated heterocycles. The van der Waals surface area contributed by atoms with Gasteiger partial charge in [-0.15, -0.1) is 0 Å². The number of methoxy groups -OCH3 is 1. The van der Waals surface area contributed by atoms with E-state index in [1.807, 2.05) is 13.8 Å². The van der Waals surface area contributed by atoms with Gasteiger partial charge in [-0.05, 0) is 18.9 Å². The Morgan fingerprint density at radius 1 is 1.47 bits per heavy atom. The molecule has 17 heavy (non-hydrogen) atoms. The first-order valence-electron chi connectivity index (χ1n) is 5.27. The van der Waals surface area contributed by atoms with Crippen molar-refractivity contribution in [3.8, 4) is 5.88 Å². The number of rotatable bonds is 5. The van der Waals surface area contributed by atoms with E-state index in [4.69, 9.17) is 4.74 Å². The lowest BCUT2D eigenvalue weighted by molar-refractivity contribution is -0.682. The van der Waals surface area contributed by atoms with Gasteiger partial charge in [-0.25, -0.2) is 0 Å². The summed E-state index contributed by atoms with van der Waals surface area (Å²) in [5, 5.41) is 21.3. The molecule has 8 heteroatoms. The van der Waals surface area contributed by atoms with Crippen LogP contribution in [0.2, 0.25) is 0 Å². The van der Waals surface area contributed by atoms with E-state index in [9.17, 15) is 10.0 Å². The van der Waals surface area contributed by atoms with E-state index >= 15 is 0 Å². The van der Waals surface area contributed by atoms with Crippen molar-refractivity contribution >= 4 is 5.91 Å². The standard InChI is InChI=1S/C9H15N5O3/c1-4-13(5-2)8(15)6-7-9(17-3)14(16)12-11-10-7/h4-6H2,1-3H3. The minimum Gasteiger partial charge on any atom is -0.688 e. The van der Waals surface area contributed by atoms with Crippen molar-refractivity contribution in [3.63, 3.8) is 0 Å². The smallest absolute Gasteiger partial charge is 0.335 e. The molecule has 0 fully saturated rings. The van der Waals surface area contributed by atoms with E-state index in [1.165, 1.54) is 7.11 Å². The van der Waals surface area contributed by atoms with Crippen LogP contribution in [0.5, 0.6) is 5.88 Å². The fourth-order valence-corrected chi connectivity index (χ4v) is 1.44. The number of likely N-dealkylation sites (N-methyl/N-ethyl adjacent to an activating group) is 1. The molecule has 0 unspecified atom stereocenters. The number of carbonyl (C=O) groups is 1. The van der Waals surface area contributed by atoms with Gasteiger partial charge in [-0.2, -0.15) is 0 Å². The van der Waals surface area contributed by atoms with Crippen molar-refractivity contribution in [1.82, 2.24) is 20.4 Å². The lowest BCUT2D eigenvalue weighted by atomic mass is 10.3. The van der Waals surface area contributed by atoms with E-state index in [0.29, 0.717) is 13.1 Å². The molecule has 1 heterocycles. The molecular weight excluding hydrogens is 226 g/mol. The van der Waals surface area contributed by atoms with Crippen LogP contribution < -0.4 is 9.58 Å². The Bertz CT molecular complexity index is 394. The maximum atomic E-state index is 11.8. The van der Waals surface area contributed by atoms with Gasteiger partial charge in [0.2, 0.25) is 11.1 Å². The average Bonchev–Trinajstić information content (AvgIpc) is 2.31. The first-order valence-corrected chi connectivity index (χ1v) is 5.27. The van der Waals surface area contributed by atoms with E-state index < -0.39 is 0 Å². The lowest BCUT2D eigenvalue weighted by Crippen LogP contribution is -2.38. The van der Waals surface area contributed by atoms with Crippen LogP contribution >= 0.6 is 0 Å². The van der Waals surface area contributed by atoms with Crippen LogP contribution in [0.3, 0.4) is 0 Å². The third kappa shape index (κ3) is 2.99. The van der Waals surface area contributed by atoms with Crippen LogP contribution in [0.1, 0.15) is 19.5 Å². The second-order valence-electron chi connectivity index (χ2n) is 3.25. The number of ether oxygens (including phenoxy) is 1. The van der Waals surface area contributed by atoms with Crippen LogP contribution in [0.15, 0.2) is 0 Å². The molecule has 0 aromatic carbocycles. The topological polar surface area (TPSA) is 95.2 Å². The Labute approximate surface area is 98.8 Å². The molecule has 1 aromatic heterocycles. The summed E-state index contributed by atoms with van der Waals surface area (Å²) in [5.41, 5.74) is 0.189. The number of hydrogen-bond acceptors (Lipinski definition) is 6. The monoisotopic (exact) mass is 241 g/mol. The molecule has 0 spiro atoms. The predicted molar refractivity (Wildman–Crippen MR) is 57.0 cm³/mol. The highest BCUT2D eigenvalue weighted by atomic mass is 16.6. The van der Waals surface area contributed by atoms with Crippen LogP contribution in [0, 0.1) is 5.21 Å². The Balaban J connectivity index is 2.88. The van der Waals surface area contributed by atoms with Gasteiger partial charge in [-0.1, -0.05) is 4.85 Å². The Morgan fingerprint density at radius 2 is 2.12 bits per heavy atom. The summed E-state index contributed by atoms with van der Waals surface area (Å²) < 4.78 is 4.84. The first-order chi connectivity index (χ1) is 8.13. The molecule has 0 saturated carbocycles. The summed E-state index contributed by atoms with van der Waals surface area (Å²) in [7, 11) is 1.32. The molecule has 0 aliphatic rings. The van der Waals surface area contributed by atoms with E-state index in [1.54, 1.807) is 4.90 Å². The molecule has 0 radical (unpaired) electrons. The third-order valence-electron chi connectivity index (χ3n) is 2.34. The maximum Gasteiger partial charge on any atom is 0.335 e. The van der Waals surface area contributed by atoms with Crippen molar-refractivity contribution in [2.45, 2.75) is 20.3 Å². The van der Waals surface area contributed by atoms with E-state index in [2.05, 4.69) is 15.5 Å². The van der Waals surface area contributed by atoms with Crippen LogP contribution in [-0.4, -0.2) is 46.5 Å². The minimum absolute atomic E-state index is 0.0252. The zero-order valence-corrected chi connectivity index (χ0v) is 10.1. The van der Waals surface area contributed by atoms with Gasteiger partial charge in [0.05, 0.1) is 13.5 Å². The second kappa shape index (κ2) is 5.92. The molecule has 0 atom stereocenters.